The first-order valence-electron chi connectivity index (χ1n) is 9.12. The first kappa shape index (κ1) is 18.7. The van der Waals surface area contributed by atoms with Crippen LogP contribution in [0.4, 0.5) is 0 Å². The van der Waals surface area contributed by atoms with E-state index in [0.29, 0.717) is 12.5 Å². The van der Waals surface area contributed by atoms with Crippen molar-refractivity contribution in [1.82, 2.24) is 15.5 Å². The molecule has 1 aliphatic rings. The van der Waals surface area contributed by atoms with Crippen LogP contribution in [-0.2, 0) is 4.79 Å². The number of hydrogen-bond acceptors (Lipinski definition) is 4. The monoisotopic (exact) mass is 333 g/mol. The van der Waals surface area contributed by atoms with Gasteiger partial charge in [-0.05, 0) is 36.9 Å². The lowest BCUT2D eigenvalue weighted by molar-refractivity contribution is -0.123. The number of nitrogens with one attached hydrogen (secondary N) is 2. The van der Waals surface area contributed by atoms with Gasteiger partial charge in [-0.15, -0.1) is 0 Å². The van der Waals surface area contributed by atoms with Gasteiger partial charge in [0.1, 0.15) is 5.75 Å². The molecule has 134 valence electrons. The summed E-state index contributed by atoms with van der Waals surface area (Å²) in [4.78, 5) is 14.4. The highest BCUT2D eigenvalue weighted by Crippen LogP contribution is 2.28. The van der Waals surface area contributed by atoms with Crippen LogP contribution in [0.3, 0.4) is 0 Å². The second kappa shape index (κ2) is 10.3. The minimum Gasteiger partial charge on any atom is -0.483 e. The van der Waals surface area contributed by atoms with Crippen LogP contribution in [0.15, 0.2) is 24.3 Å². The Hall–Kier alpha value is -1.59. The smallest absolute Gasteiger partial charge is 0.257 e. The minimum atomic E-state index is -0.0470. The van der Waals surface area contributed by atoms with Crippen molar-refractivity contribution < 1.29 is 9.53 Å². The topological polar surface area (TPSA) is 53.6 Å². The largest absolute Gasteiger partial charge is 0.483 e. The van der Waals surface area contributed by atoms with E-state index in [0.717, 1.165) is 51.3 Å². The number of carbonyl (C=O) groups excluding carboxylic acids is 1. The second-order valence-electron chi connectivity index (χ2n) is 6.43. The van der Waals surface area contributed by atoms with Crippen molar-refractivity contribution in [3.8, 4) is 5.75 Å². The molecule has 5 nitrogen and oxygen atoms in total. The first-order valence-corrected chi connectivity index (χ1v) is 9.12. The third kappa shape index (κ3) is 6.13. The van der Waals surface area contributed by atoms with Crippen molar-refractivity contribution in [3.63, 3.8) is 0 Å². The van der Waals surface area contributed by atoms with Crippen LogP contribution in [0.25, 0.3) is 0 Å². The molecule has 0 aliphatic carbocycles. The molecule has 1 atom stereocenters. The van der Waals surface area contributed by atoms with Gasteiger partial charge in [-0.1, -0.05) is 32.0 Å². The quantitative estimate of drug-likeness (QED) is 0.679. The molecule has 1 aromatic rings. The SMILES string of the molecule is CCC(C)c1ccccc1OCC(=O)NCCCN1CCNCC1. The molecule has 24 heavy (non-hydrogen) atoms. The molecule has 0 radical (unpaired) electrons. The highest BCUT2D eigenvalue weighted by atomic mass is 16.5. The van der Waals surface area contributed by atoms with Crippen molar-refractivity contribution >= 4 is 5.91 Å². The minimum absolute atomic E-state index is 0.0470. The molecule has 2 N–H and O–H groups in total. The van der Waals surface area contributed by atoms with E-state index in [1.54, 1.807) is 0 Å². The molecule has 5 heteroatoms. The van der Waals surface area contributed by atoms with E-state index in [4.69, 9.17) is 4.74 Å². The zero-order valence-corrected chi connectivity index (χ0v) is 15.0. The molecule has 0 spiro atoms. The number of rotatable bonds is 9. The fourth-order valence-corrected chi connectivity index (χ4v) is 2.90. The van der Waals surface area contributed by atoms with Crippen LogP contribution in [0.2, 0.25) is 0 Å². The number of para-hydroxylation sites is 1. The Morgan fingerprint density at radius 3 is 2.83 bits per heavy atom. The zero-order valence-electron chi connectivity index (χ0n) is 15.0. The van der Waals surface area contributed by atoms with E-state index in [9.17, 15) is 4.79 Å². The third-order valence-corrected chi connectivity index (χ3v) is 4.60. The number of ether oxygens (including phenoxy) is 1. The van der Waals surface area contributed by atoms with Crippen LogP contribution in [0, 0.1) is 0 Å². The molecule has 2 rings (SSSR count). The summed E-state index contributed by atoms with van der Waals surface area (Å²) >= 11 is 0. The molecule has 1 heterocycles. The summed E-state index contributed by atoms with van der Waals surface area (Å²) < 4.78 is 5.74. The highest BCUT2D eigenvalue weighted by Gasteiger charge is 2.11. The number of hydrogen-bond donors (Lipinski definition) is 2. The van der Waals surface area contributed by atoms with Crippen LogP contribution in [-0.4, -0.2) is 56.7 Å². The summed E-state index contributed by atoms with van der Waals surface area (Å²) in [6.45, 7) is 10.5. The lowest BCUT2D eigenvalue weighted by Crippen LogP contribution is -2.44. The molecule has 0 aromatic heterocycles. The second-order valence-corrected chi connectivity index (χ2v) is 6.43. The predicted molar refractivity (Wildman–Crippen MR) is 97.6 cm³/mol. The van der Waals surface area contributed by atoms with Crippen molar-refractivity contribution in [1.29, 1.82) is 0 Å². The Labute approximate surface area is 145 Å². The highest BCUT2D eigenvalue weighted by molar-refractivity contribution is 5.77. The molecule has 1 amide bonds. The molecule has 1 unspecified atom stereocenters. The van der Waals surface area contributed by atoms with Crippen LogP contribution < -0.4 is 15.4 Å². The lowest BCUT2D eigenvalue weighted by atomic mass is 9.98. The molecule has 1 fully saturated rings. The fraction of sp³-hybridized carbons (Fsp3) is 0.632. The number of benzene rings is 1. The Bertz CT molecular complexity index is 501. The summed E-state index contributed by atoms with van der Waals surface area (Å²) in [5.74, 6) is 1.21. The maximum Gasteiger partial charge on any atom is 0.257 e. The molecule has 1 aliphatic heterocycles. The van der Waals surface area contributed by atoms with Crippen molar-refractivity contribution in [3.05, 3.63) is 29.8 Å². The van der Waals surface area contributed by atoms with Gasteiger partial charge in [-0.2, -0.15) is 0 Å². The number of nitrogens with zero attached hydrogens (tertiary/aromatic N) is 1. The van der Waals surface area contributed by atoms with Gasteiger partial charge in [-0.25, -0.2) is 0 Å². The van der Waals surface area contributed by atoms with E-state index in [-0.39, 0.29) is 12.5 Å². The number of amides is 1. The van der Waals surface area contributed by atoms with Crippen LogP contribution in [0.1, 0.15) is 38.2 Å². The Morgan fingerprint density at radius 1 is 1.33 bits per heavy atom. The molecule has 1 saturated heterocycles. The van der Waals surface area contributed by atoms with Crippen molar-refractivity contribution in [2.45, 2.75) is 32.6 Å². The summed E-state index contributed by atoms with van der Waals surface area (Å²) in [7, 11) is 0. The van der Waals surface area contributed by atoms with E-state index in [2.05, 4.69) is 35.4 Å². The first-order chi connectivity index (χ1) is 11.7. The van der Waals surface area contributed by atoms with Gasteiger partial charge in [0.25, 0.3) is 5.91 Å². The average Bonchev–Trinajstić information content (AvgIpc) is 2.64. The molecule has 1 aromatic carbocycles. The third-order valence-electron chi connectivity index (χ3n) is 4.60. The van der Waals surface area contributed by atoms with E-state index in [1.165, 1.54) is 5.56 Å². The van der Waals surface area contributed by atoms with Gasteiger partial charge < -0.3 is 20.3 Å². The normalized spacial score (nSPS) is 16.6. The molecular weight excluding hydrogens is 302 g/mol. The van der Waals surface area contributed by atoms with Crippen molar-refractivity contribution in [2.75, 3.05) is 45.9 Å². The van der Waals surface area contributed by atoms with Gasteiger partial charge in [-0.3, -0.25) is 4.79 Å². The van der Waals surface area contributed by atoms with Gasteiger partial charge in [0.15, 0.2) is 6.61 Å². The summed E-state index contributed by atoms with van der Waals surface area (Å²) in [6, 6.07) is 7.99. The number of carbonyl (C=O) groups is 1. The van der Waals surface area contributed by atoms with Gasteiger partial charge in [0, 0.05) is 32.7 Å². The van der Waals surface area contributed by atoms with Crippen LogP contribution >= 0.6 is 0 Å². The van der Waals surface area contributed by atoms with Crippen LogP contribution in [0.5, 0.6) is 5.75 Å². The van der Waals surface area contributed by atoms with E-state index >= 15 is 0 Å². The number of piperazine rings is 1. The maximum atomic E-state index is 12.0. The van der Waals surface area contributed by atoms with Gasteiger partial charge >= 0.3 is 0 Å². The maximum absolute atomic E-state index is 12.0. The predicted octanol–water partition coefficient (Wildman–Crippen LogP) is 1.99. The Kier molecular flexibility index (Phi) is 8.05. The molecular formula is C19H31N3O2. The van der Waals surface area contributed by atoms with Crippen molar-refractivity contribution in [2.24, 2.45) is 0 Å². The summed E-state index contributed by atoms with van der Waals surface area (Å²) in [5, 5.41) is 6.29. The Balaban J connectivity index is 1.66. The standard InChI is InChI=1S/C19H31N3O2/c1-3-16(2)17-7-4-5-8-18(17)24-15-19(23)21-9-6-12-22-13-10-20-11-14-22/h4-5,7-8,16,20H,3,6,9-15H2,1-2H3,(H,21,23). The summed E-state index contributed by atoms with van der Waals surface area (Å²) in [5.41, 5.74) is 1.17. The Morgan fingerprint density at radius 2 is 2.08 bits per heavy atom. The van der Waals surface area contributed by atoms with Gasteiger partial charge in [0.2, 0.25) is 0 Å². The average molecular weight is 333 g/mol. The molecule has 0 bridgehead atoms. The van der Waals surface area contributed by atoms with E-state index in [1.807, 2.05) is 18.2 Å². The lowest BCUT2D eigenvalue weighted by Gasteiger charge is -2.27. The van der Waals surface area contributed by atoms with E-state index < -0.39 is 0 Å². The van der Waals surface area contributed by atoms with Gasteiger partial charge in [0.05, 0.1) is 0 Å². The fourth-order valence-electron chi connectivity index (χ4n) is 2.90. The molecule has 0 saturated carbocycles. The summed E-state index contributed by atoms with van der Waals surface area (Å²) in [6.07, 6.45) is 2.04. The zero-order chi connectivity index (χ0) is 17.2.